The molecule has 2 aromatic rings. The minimum Gasteiger partial charge on any atom is -0.475 e. The van der Waals surface area contributed by atoms with Crippen molar-refractivity contribution in [2.45, 2.75) is 38.6 Å². The number of aliphatic hydroxyl groups excluding tert-OH is 1. The minimum atomic E-state index is -0.566. The van der Waals surface area contributed by atoms with Crippen LogP contribution in [-0.4, -0.2) is 46.0 Å². The summed E-state index contributed by atoms with van der Waals surface area (Å²) in [5, 5.41) is 9.51. The lowest BCUT2D eigenvalue weighted by Crippen LogP contribution is -2.38. The predicted molar refractivity (Wildman–Crippen MR) is 84.8 cm³/mol. The molecular formula is C16H19FN4O3. The topological polar surface area (TPSA) is 80.6 Å². The summed E-state index contributed by atoms with van der Waals surface area (Å²) in [7, 11) is 0. The van der Waals surface area contributed by atoms with Crippen LogP contribution >= 0.6 is 0 Å². The van der Waals surface area contributed by atoms with Crippen LogP contribution in [0.15, 0.2) is 0 Å². The monoisotopic (exact) mass is 334 g/mol. The second kappa shape index (κ2) is 6.01. The zero-order valence-corrected chi connectivity index (χ0v) is 13.5. The Hall–Kier alpha value is -2.22. The first-order valence-electron chi connectivity index (χ1n) is 8.20. The predicted octanol–water partition coefficient (Wildman–Crippen LogP) is 1.94. The van der Waals surface area contributed by atoms with Crippen molar-refractivity contribution in [3.8, 4) is 11.9 Å². The third-order valence-electron chi connectivity index (χ3n) is 4.63. The van der Waals surface area contributed by atoms with E-state index < -0.39 is 12.6 Å². The van der Waals surface area contributed by atoms with Gasteiger partial charge in [0.25, 0.3) is 0 Å². The number of nitrogens with zero attached hydrogens (tertiary/aromatic N) is 4. The Balaban J connectivity index is 1.99. The van der Waals surface area contributed by atoms with Crippen molar-refractivity contribution in [2.75, 3.05) is 24.8 Å². The van der Waals surface area contributed by atoms with Gasteiger partial charge in [-0.1, -0.05) is 12.8 Å². The molecule has 1 N–H and O–H groups in total. The molecule has 2 aliphatic heterocycles. The first-order chi connectivity index (χ1) is 11.7. The molecule has 0 aromatic carbocycles. The van der Waals surface area contributed by atoms with E-state index in [1.165, 1.54) is 0 Å². The number of fused-ring (bicyclic) bond motifs is 2. The van der Waals surface area contributed by atoms with E-state index in [9.17, 15) is 4.39 Å². The largest absolute Gasteiger partial charge is 0.475 e. The summed E-state index contributed by atoms with van der Waals surface area (Å²) in [5.74, 6) is 0.425. The fourth-order valence-corrected chi connectivity index (χ4v) is 3.45. The SMILES string of the molecule is Cc1nc2c3c(nc(OCO)nc3c1F)N1CCCCCC1CO2. The highest BCUT2D eigenvalue weighted by Gasteiger charge is 2.32. The van der Waals surface area contributed by atoms with Gasteiger partial charge in [0.1, 0.15) is 23.3 Å². The Morgan fingerprint density at radius 2 is 2.17 bits per heavy atom. The van der Waals surface area contributed by atoms with Crippen LogP contribution in [0, 0.1) is 12.7 Å². The molecule has 2 aliphatic rings. The maximum absolute atomic E-state index is 14.6. The summed E-state index contributed by atoms with van der Waals surface area (Å²) in [6, 6.07) is 0.116. The molecule has 0 saturated carbocycles. The Labute approximate surface area is 138 Å². The van der Waals surface area contributed by atoms with Crippen LogP contribution in [-0.2, 0) is 0 Å². The number of anilines is 1. The van der Waals surface area contributed by atoms with Gasteiger partial charge in [0.15, 0.2) is 12.6 Å². The molecule has 128 valence electrons. The van der Waals surface area contributed by atoms with Gasteiger partial charge in [0, 0.05) is 6.54 Å². The summed E-state index contributed by atoms with van der Waals surface area (Å²) in [6.45, 7) is 2.31. The molecule has 0 radical (unpaired) electrons. The lowest BCUT2D eigenvalue weighted by atomic mass is 10.1. The number of rotatable bonds is 2. The molecule has 1 fully saturated rings. The molecule has 1 atom stereocenters. The maximum Gasteiger partial charge on any atom is 0.321 e. The molecule has 24 heavy (non-hydrogen) atoms. The van der Waals surface area contributed by atoms with E-state index in [1.807, 2.05) is 0 Å². The molecule has 1 unspecified atom stereocenters. The molecule has 8 heteroatoms. The molecule has 0 aliphatic carbocycles. The lowest BCUT2D eigenvalue weighted by Gasteiger charge is -2.29. The summed E-state index contributed by atoms with van der Waals surface area (Å²) >= 11 is 0. The van der Waals surface area contributed by atoms with Crippen LogP contribution in [0.1, 0.15) is 31.4 Å². The van der Waals surface area contributed by atoms with E-state index in [-0.39, 0.29) is 23.3 Å². The first kappa shape index (κ1) is 15.3. The molecule has 1 saturated heterocycles. The zero-order valence-electron chi connectivity index (χ0n) is 13.5. The van der Waals surface area contributed by atoms with Gasteiger partial charge >= 0.3 is 6.01 Å². The molecule has 4 rings (SSSR count). The van der Waals surface area contributed by atoms with Crippen molar-refractivity contribution in [3.05, 3.63) is 11.5 Å². The fourth-order valence-electron chi connectivity index (χ4n) is 3.45. The van der Waals surface area contributed by atoms with Crippen LogP contribution in [0.3, 0.4) is 0 Å². The van der Waals surface area contributed by atoms with Crippen LogP contribution < -0.4 is 14.4 Å². The second-order valence-corrected chi connectivity index (χ2v) is 6.15. The highest BCUT2D eigenvalue weighted by Crippen LogP contribution is 2.39. The number of pyridine rings is 1. The van der Waals surface area contributed by atoms with Crippen molar-refractivity contribution < 1.29 is 19.0 Å². The van der Waals surface area contributed by atoms with Gasteiger partial charge in [0.2, 0.25) is 5.88 Å². The first-order valence-corrected chi connectivity index (χ1v) is 8.20. The molecule has 2 aromatic heterocycles. The number of aryl methyl sites for hydroxylation is 1. The van der Waals surface area contributed by atoms with Crippen molar-refractivity contribution >= 4 is 16.7 Å². The normalized spacial score (nSPS) is 20.1. The number of hydrogen-bond donors (Lipinski definition) is 1. The number of ether oxygens (including phenoxy) is 2. The fraction of sp³-hybridized carbons (Fsp3) is 0.562. The summed E-state index contributed by atoms with van der Waals surface area (Å²) in [4.78, 5) is 14.9. The molecule has 4 heterocycles. The van der Waals surface area contributed by atoms with Crippen LogP contribution in [0.25, 0.3) is 10.9 Å². The Kier molecular flexibility index (Phi) is 3.84. The van der Waals surface area contributed by atoms with E-state index in [0.717, 1.165) is 32.2 Å². The van der Waals surface area contributed by atoms with Gasteiger partial charge in [-0.05, 0) is 19.8 Å². The molecule has 0 bridgehead atoms. The lowest BCUT2D eigenvalue weighted by molar-refractivity contribution is 0.0897. The Bertz CT molecular complexity index is 786. The van der Waals surface area contributed by atoms with Crippen LogP contribution in [0.5, 0.6) is 11.9 Å². The number of aliphatic hydroxyl groups is 1. The average Bonchev–Trinajstić information content (AvgIpc) is 2.88. The average molecular weight is 334 g/mol. The van der Waals surface area contributed by atoms with Crippen molar-refractivity contribution in [1.29, 1.82) is 0 Å². The van der Waals surface area contributed by atoms with E-state index in [0.29, 0.717) is 23.7 Å². The summed E-state index contributed by atoms with van der Waals surface area (Å²) in [6.07, 6.45) is 4.29. The smallest absolute Gasteiger partial charge is 0.321 e. The standard InChI is InChI=1S/C16H19FN4O3/c1-9-12(17)13-11-14(20-16(19-13)24-8-22)21-6-4-2-3-5-10(21)7-23-15(11)18-9/h10,22H,2-8H2,1H3. The third-order valence-corrected chi connectivity index (χ3v) is 4.63. The zero-order chi connectivity index (χ0) is 16.7. The highest BCUT2D eigenvalue weighted by molar-refractivity contribution is 5.95. The quantitative estimate of drug-likeness (QED) is 0.841. The maximum atomic E-state index is 14.6. The van der Waals surface area contributed by atoms with Gasteiger partial charge < -0.3 is 19.5 Å². The van der Waals surface area contributed by atoms with E-state index in [2.05, 4.69) is 19.9 Å². The van der Waals surface area contributed by atoms with Crippen molar-refractivity contribution in [1.82, 2.24) is 15.0 Å². The van der Waals surface area contributed by atoms with E-state index in [1.54, 1.807) is 6.92 Å². The van der Waals surface area contributed by atoms with Gasteiger partial charge in [-0.2, -0.15) is 9.97 Å². The third kappa shape index (κ3) is 2.41. The van der Waals surface area contributed by atoms with E-state index in [4.69, 9.17) is 14.6 Å². The van der Waals surface area contributed by atoms with Crippen LogP contribution in [0.4, 0.5) is 10.2 Å². The summed E-state index contributed by atoms with van der Waals surface area (Å²) in [5.41, 5.74) is 0.338. The van der Waals surface area contributed by atoms with Crippen molar-refractivity contribution in [2.24, 2.45) is 0 Å². The van der Waals surface area contributed by atoms with Gasteiger partial charge in [-0.3, -0.25) is 0 Å². The summed E-state index contributed by atoms with van der Waals surface area (Å²) < 4.78 is 25.6. The number of halogens is 1. The molecule has 0 amide bonds. The number of hydrogen-bond acceptors (Lipinski definition) is 7. The van der Waals surface area contributed by atoms with Gasteiger partial charge in [-0.15, -0.1) is 0 Å². The van der Waals surface area contributed by atoms with Gasteiger partial charge in [-0.25, -0.2) is 9.37 Å². The van der Waals surface area contributed by atoms with Gasteiger partial charge in [0.05, 0.1) is 11.7 Å². The highest BCUT2D eigenvalue weighted by atomic mass is 19.1. The minimum absolute atomic E-state index is 0.0413. The Morgan fingerprint density at radius 1 is 1.29 bits per heavy atom. The second-order valence-electron chi connectivity index (χ2n) is 6.15. The van der Waals surface area contributed by atoms with E-state index >= 15 is 0 Å². The number of aromatic nitrogens is 3. The Morgan fingerprint density at radius 3 is 3.00 bits per heavy atom. The van der Waals surface area contributed by atoms with Crippen LogP contribution in [0.2, 0.25) is 0 Å². The molecule has 0 spiro atoms. The molecule has 7 nitrogen and oxygen atoms in total. The molecular weight excluding hydrogens is 315 g/mol. The van der Waals surface area contributed by atoms with Crippen molar-refractivity contribution in [3.63, 3.8) is 0 Å².